The zero-order valence-corrected chi connectivity index (χ0v) is 15.8. The largest absolute Gasteiger partial charge is 0.326 e. The van der Waals surface area contributed by atoms with E-state index in [4.69, 9.17) is 0 Å². The minimum absolute atomic E-state index is 0.0480. The molecule has 0 spiro atoms. The van der Waals surface area contributed by atoms with E-state index in [9.17, 15) is 13.2 Å². The Morgan fingerprint density at radius 1 is 0.920 bits per heavy atom. The van der Waals surface area contributed by atoms with Gasteiger partial charge >= 0.3 is 0 Å². The van der Waals surface area contributed by atoms with E-state index in [1.807, 2.05) is 45.0 Å². The number of hydrogen-bond acceptors (Lipinski definition) is 3. The van der Waals surface area contributed by atoms with Gasteiger partial charge in [-0.3, -0.25) is 4.79 Å². The van der Waals surface area contributed by atoms with Crippen LogP contribution in [0.5, 0.6) is 0 Å². The molecule has 2 rings (SSSR count). The molecule has 0 unspecified atom stereocenters. The van der Waals surface area contributed by atoms with E-state index >= 15 is 0 Å². The summed E-state index contributed by atoms with van der Waals surface area (Å²) in [6, 6.07) is 11.1. The maximum Gasteiger partial charge on any atom is 0.240 e. The average molecular weight is 360 g/mol. The maximum absolute atomic E-state index is 12.4. The van der Waals surface area contributed by atoms with Gasteiger partial charge in [-0.05, 0) is 62.1 Å². The molecule has 0 aliphatic heterocycles. The number of nitrogens with one attached hydrogen (secondary N) is 2. The first-order chi connectivity index (χ1) is 11.7. The van der Waals surface area contributed by atoms with E-state index in [0.29, 0.717) is 5.56 Å². The molecule has 1 amide bonds. The Labute approximate surface area is 149 Å². The summed E-state index contributed by atoms with van der Waals surface area (Å²) >= 11 is 0. The Morgan fingerprint density at radius 3 is 2.20 bits per heavy atom. The van der Waals surface area contributed by atoms with Crippen LogP contribution in [-0.2, 0) is 14.8 Å². The van der Waals surface area contributed by atoms with Crippen LogP contribution in [-0.4, -0.2) is 20.9 Å². The van der Waals surface area contributed by atoms with Gasteiger partial charge in [-0.15, -0.1) is 0 Å². The van der Waals surface area contributed by atoms with E-state index in [1.54, 1.807) is 19.1 Å². The number of aryl methyl sites for hydroxylation is 4. The van der Waals surface area contributed by atoms with Crippen molar-refractivity contribution in [1.82, 2.24) is 4.72 Å². The molecule has 0 aromatic heterocycles. The zero-order valence-electron chi connectivity index (χ0n) is 15.0. The van der Waals surface area contributed by atoms with E-state index in [2.05, 4.69) is 10.0 Å². The summed E-state index contributed by atoms with van der Waals surface area (Å²) in [6.07, 6.45) is 0.0669. The summed E-state index contributed by atoms with van der Waals surface area (Å²) in [7, 11) is -3.63. The average Bonchev–Trinajstić information content (AvgIpc) is 2.53. The molecule has 2 aromatic rings. The first kappa shape index (κ1) is 19.1. The third kappa shape index (κ3) is 5.14. The molecule has 0 saturated heterocycles. The lowest BCUT2D eigenvalue weighted by atomic mass is 10.1. The van der Waals surface area contributed by atoms with Crippen LogP contribution in [0, 0.1) is 27.7 Å². The molecule has 0 heterocycles. The van der Waals surface area contributed by atoms with Crippen molar-refractivity contribution in [3.05, 3.63) is 58.7 Å². The summed E-state index contributed by atoms with van der Waals surface area (Å²) in [5.74, 6) is -0.225. The second-order valence-electron chi connectivity index (χ2n) is 6.28. The third-order valence-electron chi connectivity index (χ3n) is 3.94. The van der Waals surface area contributed by atoms with Gasteiger partial charge in [0.15, 0.2) is 0 Å². The molecule has 5 nitrogen and oxygen atoms in total. The minimum atomic E-state index is -3.63. The second-order valence-corrected chi connectivity index (χ2v) is 8.02. The van der Waals surface area contributed by atoms with Crippen molar-refractivity contribution in [3.63, 3.8) is 0 Å². The van der Waals surface area contributed by atoms with Crippen molar-refractivity contribution in [2.24, 2.45) is 0 Å². The highest BCUT2D eigenvalue weighted by molar-refractivity contribution is 7.89. The van der Waals surface area contributed by atoms with Crippen molar-refractivity contribution in [2.75, 3.05) is 11.9 Å². The molecule has 25 heavy (non-hydrogen) atoms. The SMILES string of the molecule is Cc1ccc(C)c(NC(=O)CCNS(=O)(=O)c2cc(C)ccc2C)c1. The zero-order chi connectivity index (χ0) is 18.6. The highest BCUT2D eigenvalue weighted by Gasteiger charge is 2.17. The number of sulfonamides is 1. The van der Waals surface area contributed by atoms with Gasteiger partial charge in [0.1, 0.15) is 0 Å². The fourth-order valence-corrected chi connectivity index (χ4v) is 3.82. The molecule has 0 aliphatic rings. The van der Waals surface area contributed by atoms with E-state index in [0.717, 1.165) is 22.4 Å². The van der Waals surface area contributed by atoms with Gasteiger partial charge in [0, 0.05) is 18.7 Å². The third-order valence-corrected chi connectivity index (χ3v) is 5.55. The van der Waals surface area contributed by atoms with Gasteiger partial charge < -0.3 is 5.32 Å². The number of carbonyl (C=O) groups excluding carboxylic acids is 1. The Morgan fingerprint density at radius 2 is 1.52 bits per heavy atom. The van der Waals surface area contributed by atoms with Crippen molar-refractivity contribution in [2.45, 2.75) is 39.0 Å². The summed E-state index contributed by atoms with van der Waals surface area (Å²) < 4.78 is 27.3. The van der Waals surface area contributed by atoms with Crippen molar-refractivity contribution >= 4 is 21.6 Å². The standard InChI is InChI=1S/C19H24N2O3S/c1-13-5-7-15(3)17(11-13)21-19(22)9-10-20-25(23,24)18-12-14(2)6-8-16(18)4/h5-8,11-12,20H,9-10H2,1-4H3,(H,21,22). The highest BCUT2D eigenvalue weighted by atomic mass is 32.2. The van der Waals surface area contributed by atoms with Gasteiger partial charge in [-0.1, -0.05) is 24.3 Å². The fraction of sp³-hybridized carbons (Fsp3) is 0.316. The number of anilines is 1. The van der Waals surface area contributed by atoms with Crippen LogP contribution in [0.3, 0.4) is 0 Å². The van der Waals surface area contributed by atoms with Crippen molar-refractivity contribution in [3.8, 4) is 0 Å². The Hall–Kier alpha value is -2.18. The number of hydrogen-bond donors (Lipinski definition) is 2. The molecule has 0 radical (unpaired) electrons. The number of rotatable bonds is 6. The van der Waals surface area contributed by atoms with E-state index in [1.165, 1.54) is 0 Å². The monoisotopic (exact) mass is 360 g/mol. The minimum Gasteiger partial charge on any atom is -0.326 e. The smallest absolute Gasteiger partial charge is 0.240 e. The van der Waals surface area contributed by atoms with Crippen LogP contribution in [0.1, 0.15) is 28.7 Å². The summed E-state index contributed by atoms with van der Waals surface area (Å²) in [5, 5.41) is 2.82. The lowest BCUT2D eigenvalue weighted by Gasteiger charge is -2.11. The predicted octanol–water partition coefficient (Wildman–Crippen LogP) is 3.23. The van der Waals surface area contributed by atoms with Crippen molar-refractivity contribution in [1.29, 1.82) is 0 Å². The molecule has 2 N–H and O–H groups in total. The quantitative estimate of drug-likeness (QED) is 0.830. The Balaban J connectivity index is 1.96. The summed E-state index contributed by atoms with van der Waals surface area (Å²) in [5.41, 5.74) is 4.32. The predicted molar refractivity (Wildman–Crippen MR) is 100 cm³/mol. The topological polar surface area (TPSA) is 75.3 Å². The Bertz CT molecular complexity index is 890. The van der Waals surface area contributed by atoms with Gasteiger partial charge in [0.05, 0.1) is 4.90 Å². The van der Waals surface area contributed by atoms with Gasteiger partial charge in [-0.25, -0.2) is 13.1 Å². The van der Waals surface area contributed by atoms with Crippen LogP contribution in [0.25, 0.3) is 0 Å². The Kier molecular flexibility index (Phi) is 5.98. The first-order valence-electron chi connectivity index (χ1n) is 8.13. The molecule has 6 heteroatoms. The lowest BCUT2D eigenvalue weighted by molar-refractivity contribution is -0.116. The van der Waals surface area contributed by atoms with Crippen molar-refractivity contribution < 1.29 is 13.2 Å². The van der Waals surface area contributed by atoms with Crippen LogP contribution in [0.2, 0.25) is 0 Å². The maximum atomic E-state index is 12.4. The summed E-state index contributed by atoms with van der Waals surface area (Å²) in [4.78, 5) is 12.3. The van der Waals surface area contributed by atoms with Crippen LogP contribution in [0.4, 0.5) is 5.69 Å². The molecule has 0 bridgehead atoms. The molecule has 0 aliphatic carbocycles. The lowest BCUT2D eigenvalue weighted by Crippen LogP contribution is -2.28. The molecule has 0 fully saturated rings. The molecular formula is C19H24N2O3S. The van der Waals surface area contributed by atoms with Gasteiger partial charge in [-0.2, -0.15) is 0 Å². The molecular weight excluding hydrogens is 336 g/mol. The van der Waals surface area contributed by atoms with E-state index < -0.39 is 10.0 Å². The van der Waals surface area contributed by atoms with Crippen LogP contribution < -0.4 is 10.0 Å². The van der Waals surface area contributed by atoms with Gasteiger partial charge in [0.25, 0.3) is 0 Å². The van der Waals surface area contributed by atoms with Crippen LogP contribution >= 0.6 is 0 Å². The number of benzene rings is 2. The highest BCUT2D eigenvalue weighted by Crippen LogP contribution is 2.17. The summed E-state index contributed by atoms with van der Waals surface area (Å²) in [6.45, 7) is 7.51. The molecule has 0 atom stereocenters. The second kappa shape index (κ2) is 7.80. The first-order valence-corrected chi connectivity index (χ1v) is 9.61. The molecule has 134 valence electrons. The fourth-order valence-electron chi connectivity index (χ4n) is 2.46. The normalized spacial score (nSPS) is 11.4. The molecule has 0 saturated carbocycles. The number of carbonyl (C=O) groups is 1. The molecule has 2 aromatic carbocycles. The van der Waals surface area contributed by atoms with Crippen LogP contribution in [0.15, 0.2) is 41.3 Å². The van der Waals surface area contributed by atoms with Gasteiger partial charge in [0.2, 0.25) is 15.9 Å². The number of amides is 1. The van der Waals surface area contributed by atoms with E-state index in [-0.39, 0.29) is 23.8 Å².